The van der Waals surface area contributed by atoms with Crippen LogP contribution in [0.15, 0.2) is 41.3 Å². The summed E-state index contributed by atoms with van der Waals surface area (Å²) in [6, 6.07) is 6.62. The minimum absolute atomic E-state index is 0.143. The average Bonchev–Trinajstić information content (AvgIpc) is 3.27. The Bertz CT molecular complexity index is 1170. The summed E-state index contributed by atoms with van der Waals surface area (Å²) >= 11 is 3.51. The van der Waals surface area contributed by atoms with Crippen molar-refractivity contribution in [1.82, 2.24) is 24.1 Å². The molecule has 0 unspecified atom stereocenters. The standard InChI is InChI=1S/C19H17BrFN5O2/c1-11-6-12(9-25-16(20)8-22-18(11)25)19-24-23-17(10-27-2)26(19)13-4-5-14(21)15(7-13)28-3/h4-9H,10H2,1-3H3. The van der Waals surface area contributed by atoms with Gasteiger partial charge in [0.1, 0.15) is 16.9 Å². The van der Waals surface area contributed by atoms with E-state index in [4.69, 9.17) is 9.47 Å². The number of rotatable bonds is 5. The van der Waals surface area contributed by atoms with Gasteiger partial charge in [-0.1, -0.05) is 0 Å². The Kier molecular flexibility index (Phi) is 4.86. The fourth-order valence-corrected chi connectivity index (χ4v) is 3.51. The molecule has 1 aromatic carbocycles. The second kappa shape index (κ2) is 7.33. The molecule has 9 heteroatoms. The maximum Gasteiger partial charge on any atom is 0.170 e. The first-order valence-electron chi connectivity index (χ1n) is 8.44. The normalized spacial score (nSPS) is 11.3. The van der Waals surface area contributed by atoms with Crippen molar-refractivity contribution in [3.05, 3.63) is 58.5 Å². The van der Waals surface area contributed by atoms with Crippen LogP contribution in [0.4, 0.5) is 4.39 Å². The van der Waals surface area contributed by atoms with Gasteiger partial charge in [-0.25, -0.2) is 9.37 Å². The second-order valence-electron chi connectivity index (χ2n) is 6.21. The largest absolute Gasteiger partial charge is 0.494 e. The van der Waals surface area contributed by atoms with Crippen molar-refractivity contribution in [1.29, 1.82) is 0 Å². The third-order valence-corrected chi connectivity index (χ3v) is 4.99. The van der Waals surface area contributed by atoms with Crippen LogP contribution in [0.2, 0.25) is 0 Å². The molecule has 0 N–H and O–H groups in total. The highest BCUT2D eigenvalue weighted by molar-refractivity contribution is 9.10. The first-order valence-corrected chi connectivity index (χ1v) is 9.23. The number of aromatic nitrogens is 5. The molecule has 4 aromatic rings. The van der Waals surface area contributed by atoms with E-state index in [1.807, 2.05) is 28.2 Å². The number of fused-ring (bicyclic) bond motifs is 1. The van der Waals surface area contributed by atoms with Gasteiger partial charge in [-0.15, -0.1) is 10.2 Å². The van der Waals surface area contributed by atoms with Crippen molar-refractivity contribution in [2.75, 3.05) is 14.2 Å². The van der Waals surface area contributed by atoms with E-state index in [0.29, 0.717) is 17.3 Å². The van der Waals surface area contributed by atoms with Gasteiger partial charge in [0.05, 0.1) is 19.0 Å². The maximum absolute atomic E-state index is 13.9. The topological polar surface area (TPSA) is 66.5 Å². The van der Waals surface area contributed by atoms with Gasteiger partial charge in [0.2, 0.25) is 0 Å². The fraction of sp³-hybridized carbons (Fsp3) is 0.211. The Morgan fingerprint density at radius 2 is 2.00 bits per heavy atom. The Balaban J connectivity index is 1.95. The summed E-state index contributed by atoms with van der Waals surface area (Å²) in [6.07, 6.45) is 3.68. The summed E-state index contributed by atoms with van der Waals surface area (Å²) in [5.41, 5.74) is 3.35. The zero-order chi connectivity index (χ0) is 19.8. The van der Waals surface area contributed by atoms with Crippen molar-refractivity contribution in [3.63, 3.8) is 0 Å². The fourth-order valence-electron chi connectivity index (χ4n) is 3.14. The van der Waals surface area contributed by atoms with Crippen molar-refractivity contribution >= 4 is 21.6 Å². The number of pyridine rings is 1. The van der Waals surface area contributed by atoms with Gasteiger partial charge in [-0.2, -0.15) is 0 Å². The third-order valence-electron chi connectivity index (χ3n) is 4.40. The van der Waals surface area contributed by atoms with Gasteiger partial charge in [-0.3, -0.25) is 8.97 Å². The first-order chi connectivity index (χ1) is 13.5. The van der Waals surface area contributed by atoms with Crippen LogP contribution < -0.4 is 4.74 Å². The van der Waals surface area contributed by atoms with E-state index in [-0.39, 0.29) is 12.4 Å². The first kappa shape index (κ1) is 18.6. The number of nitrogens with zero attached hydrogens (tertiary/aromatic N) is 5. The number of halogens is 2. The molecule has 3 aromatic heterocycles. The molecule has 0 saturated carbocycles. The molecule has 28 heavy (non-hydrogen) atoms. The predicted octanol–water partition coefficient (Wildman–Crippen LogP) is 3.95. The molecule has 0 aliphatic rings. The number of imidazole rings is 1. The lowest BCUT2D eigenvalue weighted by atomic mass is 10.2. The minimum Gasteiger partial charge on any atom is -0.494 e. The molecule has 0 aliphatic carbocycles. The molecule has 0 aliphatic heterocycles. The van der Waals surface area contributed by atoms with Crippen molar-refractivity contribution in [2.45, 2.75) is 13.5 Å². The van der Waals surface area contributed by atoms with Gasteiger partial charge < -0.3 is 9.47 Å². The van der Waals surface area contributed by atoms with Gasteiger partial charge >= 0.3 is 0 Å². The molecule has 0 fully saturated rings. The Labute approximate surface area is 168 Å². The predicted molar refractivity (Wildman–Crippen MR) is 105 cm³/mol. The minimum atomic E-state index is -0.436. The SMILES string of the molecule is COCc1nnc(-c2cc(C)c3ncc(Br)n3c2)n1-c1ccc(F)c(OC)c1. The lowest BCUT2D eigenvalue weighted by Crippen LogP contribution is -2.06. The number of aryl methyl sites for hydroxylation is 1. The molecule has 0 atom stereocenters. The summed E-state index contributed by atoms with van der Waals surface area (Å²) in [5.74, 6) is 0.901. The van der Waals surface area contributed by atoms with Crippen molar-refractivity contribution in [3.8, 4) is 22.8 Å². The molecular weight excluding hydrogens is 429 g/mol. The van der Waals surface area contributed by atoms with E-state index < -0.39 is 5.82 Å². The molecule has 4 rings (SSSR count). The summed E-state index contributed by atoms with van der Waals surface area (Å²) in [5, 5.41) is 8.64. The molecule has 0 saturated heterocycles. The molecule has 0 radical (unpaired) electrons. The smallest absolute Gasteiger partial charge is 0.170 e. The molecule has 7 nitrogen and oxygen atoms in total. The summed E-state index contributed by atoms with van der Waals surface area (Å²) in [4.78, 5) is 4.40. The third kappa shape index (κ3) is 3.06. The molecule has 0 amide bonds. The average molecular weight is 446 g/mol. The Hall–Kier alpha value is -2.78. The monoisotopic (exact) mass is 445 g/mol. The maximum atomic E-state index is 13.9. The molecule has 0 spiro atoms. The number of ether oxygens (including phenoxy) is 2. The zero-order valence-corrected chi connectivity index (χ0v) is 17.1. The van der Waals surface area contributed by atoms with E-state index in [1.165, 1.54) is 13.2 Å². The van der Waals surface area contributed by atoms with E-state index in [9.17, 15) is 4.39 Å². The van der Waals surface area contributed by atoms with Gasteiger partial charge in [0, 0.05) is 24.9 Å². The van der Waals surface area contributed by atoms with E-state index >= 15 is 0 Å². The van der Waals surface area contributed by atoms with E-state index in [0.717, 1.165) is 21.4 Å². The number of methoxy groups -OCH3 is 2. The van der Waals surface area contributed by atoms with Crippen LogP contribution >= 0.6 is 15.9 Å². The van der Waals surface area contributed by atoms with Crippen LogP contribution in [0.25, 0.3) is 22.7 Å². The van der Waals surface area contributed by atoms with Crippen LogP contribution in [0, 0.1) is 12.7 Å². The molecule has 0 bridgehead atoms. The van der Waals surface area contributed by atoms with E-state index in [1.54, 1.807) is 25.4 Å². The number of benzene rings is 1. The van der Waals surface area contributed by atoms with Crippen molar-refractivity contribution in [2.24, 2.45) is 0 Å². The summed E-state index contributed by atoms with van der Waals surface area (Å²) in [7, 11) is 3.02. The van der Waals surface area contributed by atoms with Crippen LogP contribution in [0.5, 0.6) is 5.75 Å². The highest BCUT2D eigenvalue weighted by atomic mass is 79.9. The molecule has 144 valence electrons. The zero-order valence-electron chi connectivity index (χ0n) is 15.5. The molecular formula is C19H17BrFN5O2. The Morgan fingerprint density at radius 3 is 2.75 bits per heavy atom. The van der Waals surface area contributed by atoms with Gasteiger partial charge in [-0.05, 0) is 46.6 Å². The van der Waals surface area contributed by atoms with Crippen LogP contribution in [-0.2, 0) is 11.3 Å². The Morgan fingerprint density at radius 1 is 1.18 bits per heavy atom. The van der Waals surface area contributed by atoms with E-state index in [2.05, 4.69) is 31.1 Å². The highest BCUT2D eigenvalue weighted by Gasteiger charge is 2.19. The van der Waals surface area contributed by atoms with Crippen LogP contribution in [0.3, 0.4) is 0 Å². The molecule has 3 heterocycles. The van der Waals surface area contributed by atoms with Gasteiger partial charge in [0.25, 0.3) is 0 Å². The van der Waals surface area contributed by atoms with Crippen LogP contribution in [-0.4, -0.2) is 38.4 Å². The number of hydrogen-bond donors (Lipinski definition) is 0. The van der Waals surface area contributed by atoms with Crippen LogP contribution in [0.1, 0.15) is 11.4 Å². The summed E-state index contributed by atoms with van der Waals surface area (Å²) in [6.45, 7) is 2.23. The quantitative estimate of drug-likeness (QED) is 0.465. The lowest BCUT2D eigenvalue weighted by molar-refractivity contribution is 0.176. The highest BCUT2D eigenvalue weighted by Crippen LogP contribution is 2.29. The summed E-state index contributed by atoms with van der Waals surface area (Å²) < 4.78 is 28.9. The van der Waals surface area contributed by atoms with Gasteiger partial charge in [0.15, 0.2) is 23.2 Å². The second-order valence-corrected chi connectivity index (χ2v) is 7.03. The lowest BCUT2D eigenvalue weighted by Gasteiger charge is -2.13. The van der Waals surface area contributed by atoms with Crippen molar-refractivity contribution < 1.29 is 13.9 Å². The number of hydrogen-bond acceptors (Lipinski definition) is 5.